The lowest BCUT2D eigenvalue weighted by atomic mass is 9.89. The number of carbonyl (C=O) groups excluding carboxylic acids is 2. The molecule has 4 aromatic rings. The van der Waals surface area contributed by atoms with Crippen LogP contribution in [0, 0.1) is 11.6 Å². The van der Waals surface area contributed by atoms with E-state index in [2.05, 4.69) is 20.3 Å². The smallest absolute Gasteiger partial charge is 0.234 e. The number of rotatable bonds is 8. The van der Waals surface area contributed by atoms with Gasteiger partial charge in [-0.05, 0) is 56.0 Å². The molecule has 13 heteroatoms. The van der Waals surface area contributed by atoms with Crippen molar-refractivity contribution in [2.45, 2.75) is 57.2 Å². The third kappa shape index (κ3) is 6.72. The highest BCUT2D eigenvalue weighted by atomic mass is 35.5. The van der Waals surface area contributed by atoms with Gasteiger partial charge in [-0.3, -0.25) is 24.5 Å². The summed E-state index contributed by atoms with van der Waals surface area (Å²) in [5, 5.41) is 7.08. The van der Waals surface area contributed by atoms with Gasteiger partial charge in [-0.2, -0.15) is 5.10 Å². The van der Waals surface area contributed by atoms with Gasteiger partial charge < -0.3 is 10.5 Å². The van der Waals surface area contributed by atoms with Gasteiger partial charge in [0.15, 0.2) is 11.6 Å². The van der Waals surface area contributed by atoms with E-state index in [9.17, 15) is 18.4 Å². The number of piperidine rings is 2. The van der Waals surface area contributed by atoms with Gasteiger partial charge >= 0.3 is 0 Å². The van der Waals surface area contributed by atoms with Gasteiger partial charge in [-0.15, -0.1) is 0 Å². The Morgan fingerprint density at radius 1 is 1.04 bits per heavy atom. The molecule has 0 radical (unpaired) electrons. The van der Waals surface area contributed by atoms with Gasteiger partial charge in [0.1, 0.15) is 17.7 Å². The number of nitrogens with two attached hydrogens (primary N) is 1. The van der Waals surface area contributed by atoms with E-state index >= 15 is 0 Å². The summed E-state index contributed by atoms with van der Waals surface area (Å²) in [6, 6.07) is 9.58. The van der Waals surface area contributed by atoms with E-state index in [-0.39, 0.29) is 34.2 Å². The Labute approximate surface area is 274 Å². The highest BCUT2D eigenvalue weighted by Gasteiger charge is 2.30. The number of nitrogens with one attached hydrogen (secondary N) is 1. The van der Waals surface area contributed by atoms with Crippen LogP contribution < -0.4 is 15.8 Å². The maximum atomic E-state index is 15.0. The fourth-order valence-corrected chi connectivity index (χ4v) is 6.78. The van der Waals surface area contributed by atoms with Crippen LogP contribution in [0.2, 0.25) is 10.0 Å². The number of amides is 2. The van der Waals surface area contributed by atoms with Crippen LogP contribution in [0.5, 0.6) is 5.75 Å². The molecule has 0 aliphatic carbocycles. The van der Waals surface area contributed by atoms with Crippen molar-refractivity contribution in [3.63, 3.8) is 0 Å². The molecule has 2 aliphatic rings. The van der Waals surface area contributed by atoms with Crippen molar-refractivity contribution >= 4 is 40.8 Å². The zero-order chi connectivity index (χ0) is 32.5. The Hall–Kier alpha value is -4.06. The Morgan fingerprint density at radius 3 is 2.57 bits per heavy atom. The summed E-state index contributed by atoms with van der Waals surface area (Å²) in [5.41, 5.74) is 9.16. The molecule has 6 rings (SSSR count). The first-order chi connectivity index (χ1) is 22.1. The van der Waals surface area contributed by atoms with Crippen LogP contribution in [0.3, 0.4) is 0 Å². The second kappa shape index (κ2) is 13.4. The lowest BCUT2D eigenvalue weighted by molar-refractivity contribution is -0.134. The van der Waals surface area contributed by atoms with Crippen LogP contribution in [0.4, 0.5) is 14.6 Å². The fraction of sp³-hybridized carbons (Fsp3) is 0.333. The number of halogens is 4. The summed E-state index contributed by atoms with van der Waals surface area (Å²) in [7, 11) is 0. The molecule has 2 aromatic heterocycles. The van der Waals surface area contributed by atoms with Crippen molar-refractivity contribution in [1.82, 2.24) is 25.0 Å². The van der Waals surface area contributed by atoms with Crippen LogP contribution in [-0.2, 0) is 16.1 Å². The van der Waals surface area contributed by atoms with Crippen LogP contribution in [0.15, 0.2) is 55.0 Å². The molecule has 240 valence electrons. The predicted molar refractivity (Wildman–Crippen MR) is 170 cm³/mol. The van der Waals surface area contributed by atoms with Crippen molar-refractivity contribution in [3.05, 3.63) is 93.4 Å². The first kappa shape index (κ1) is 31.9. The van der Waals surface area contributed by atoms with Gasteiger partial charge in [0.25, 0.3) is 0 Å². The average molecular weight is 670 g/mol. The lowest BCUT2D eigenvalue weighted by Crippen LogP contribution is -2.39. The second-order valence-corrected chi connectivity index (χ2v) is 12.5. The molecule has 0 bridgehead atoms. The molecule has 46 heavy (non-hydrogen) atoms. The highest BCUT2D eigenvalue weighted by Crippen LogP contribution is 2.37. The minimum absolute atomic E-state index is 0.107. The number of pyridine rings is 1. The minimum Gasteiger partial charge on any atom is -0.482 e. The first-order valence-corrected chi connectivity index (χ1v) is 15.8. The quantitative estimate of drug-likeness (QED) is 0.160. The standard InChI is InChI=1S/C33H32Cl2F2N6O3/c1-18(30-25(34)5-6-26(36)31(30)35)46-28-13-20(14-39-32(28)38)21-15-40-43(17-21)22-8-10-42(11-9-22)16-19-2-3-23(27(37)12-19)24-4-7-29(44)41-33(24)45/h2-3,5-6,12-15,17-18,22,24H,4,7-11,16H2,1H3,(H2,38,39)(H,41,44,45)/t18-,24?/m1/s1. The molecule has 4 heterocycles. The molecule has 1 unspecified atom stereocenters. The monoisotopic (exact) mass is 668 g/mol. The number of carbonyl (C=O) groups is 2. The van der Waals surface area contributed by atoms with Gasteiger partial charge in [0, 0.05) is 65.7 Å². The van der Waals surface area contributed by atoms with Crippen LogP contribution in [0.1, 0.15) is 67.4 Å². The molecule has 9 nitrogen and oxygen atoms in total. The van der Waals surface area contributed by atoms with Gasteiger partial charge in [-0.25, -0.2) is 13.8 Å². The van der Waals surface area contributed by atoms with Crippen LogP contribution in [-0.4, -0.2) is 44.6 Å². The minimum atomic E-state index is -0.692. The highest BCUT2D eigenvalue weighted by molar-refractivity contribution is 6.36. The number of hydrogen-bond acceptors (Lipinski definition) is 7. The van der Waals surface area contributed by atoms with Gasteiger partial charge in [0.2, 0.25) is 11.8 Å². The van der Waals surface area contributed by atoms with E-state index in [4.69, 9.17) is 33.7 Å². The third-order valence-corrected chi connectivity index (χ3v) is 9.34. The lowest BCUT2D eigenvalue weighted by Gasteiger charge is -2.32. The number of anilines is 1. The van der Waals surface area contributed by atoms with E-state index in [1.807, 2.05) is 16.9 Å². The summed E-state index contributed by atoms with van der Waals surface area (Å²) < 4.78 is 37.0. The summed E-state index contributed by atoms with van der Waals surface area (Å²) in [6.07, 6.45) is 6.92. The Morgan fingerprint density at radius 2 is 1.83 bits per heavy atom. The summed E-state index contributed by atoms with van der Waals surface area (Å²) in [6.45, 7) is 3.91. The summed E-state index contributed by atoms with van der Waals surface area (Å²) in [5.74, 6) is -1.95. The average Bonchev–Trinajstić information content (AvgIpc) is 3.52. The van der Waals surface area contributed by atoms with E-state index in [1.54, 1.807) is 31.5 Å². The largest absolute Gasteiger partial charge is 0.482 e. The number of hydrogen-bond donors (Lipinski definition) is 2. The van der Waals surface area contributed by atoms with E-state index in [0.29, 0.717) is 29.8 Å². The molecule has 2 amide bonds. The van der Waals surface area contributed by atoms with E-state index in [1.165, 1.54) is 18.2 Å². The summed E-state index contributed by atoms with van der Waals surface area (Å²) >= 11 is 12.4. The van der Waals surface area contributed by atoms with Crippen LogP contribution >= 0.6 is 23.2 Å². The maximum absolute atomic E-state index is 15.0. The Balaban J connectivity index is 1.07. The predicted octanol–water partition coefficient (Wildman–Crippen LogP) is 6.61. The molecule has 0 spiro atoms. The number of benzene rings is 2. The molecular formula is C33H32Cl2F2N6O3. The normalized spacial score (nSPS) is 18.4. The number of imide groups is 1. The van der Waals surface area contributed by atoms with Gasteiger partial charge in [-0.1, -0.05) is 35.3 Å². The molecule has 3 N–H and O–H groups in total. The molecule has 0 saturated carbocycles. The van der Waals surface area contributed by atoms with E-state index in [0.717, 1.165) is 42.6 Å². The maximum Gasteiger partial charge on any atom is 0.234 e. The molecule has 2 fully saturated rings. The number of ether oxygens (including phenoxy) is 1. The van der Waals surface area contributed by atoms with Crippen molar-refractivity contribution in [1.29, 1.82) is 0 Å². The Bertz CT molecular complexity index is 1790. The number of nitrogens with zero attached hydrogens (tertiary/aromatic N) is 4. The SMILES string of the molecule is C[C@@H](Oc1cc(-c2cnn(C3CCN(Cc4ccc(C5CCC(=O)NC5=O)c(F)c4)CC3)c2)cnc1N)c1c(Cl)ccc(F)c1Cl. The Kier molecular flexibility index (Phi) is 9.26. The second-order valence-electron chi connectivity index (χ2n) is 11.7. The van der Waals surface area contributed by atoms with Gasteiger partial charge in [0.05, 0.1) is 23.2 Å². The molecule has 2 saturated heterocycles. The third-order valence-electron chi connectivity index (χ3n) is 8.62. The molecular weight excluding hydrogens is 637 g/mol. The van der Waals surface area contributed by atoms with Crippen molar-refractivity contribution in [2.24, 2.45) is 0 Å². The fourth-order valence-electron chi connectivity index (χ4n) is 6.10. The molecule has 2 aliphatic heterocycles. The van der Waals surface area contributed by atoms with Crippen molar-refractivity contribution in [2.75, 3.05) is 18.8 Å². The number of nitrogen functional groups attached to an aromatic ring is 1. The topological polar surface area (TPSA) is 115 Å². The summed E-state index contributed by atoms with van der Waals surface area (Å²) in [4.78, 5) is 30.2. The van der Waals surface area contributed by atoms with Crippen LogP contribution in [0.25, 0.3) is 11.1 Å². The zero-order valence-electron chi connectivity index (χ0n) is 25.0. The number of likely N-dealkylation sites (tertiary alicyclic amines) is 1. The molecule has 2 atom stereocenters. The zero-order valence-corrected chi connectivity index (χ0v) is 26.5. The first-order valence-electron chi connectivity index (χ1n) is 15.0. The number of aromatic nitrogens is 3. The van der Waals surface area contributed by atoms with E-state index < -0.39 is 29.6 Å². The van der Waals surface area contributed by atoms with Crippen molar-refractivity contribution in [3.8, 4) is 16.9 Å². The molecule has 2 aromatic carbocycles. The van der Waals surface area contributed by atoms with Crippen molar-refractivity contribution < 1.29 is 23.1 Å².